The number of thiazole rings is 1. The molecule has 0 saturated heterocycles. The van der Waals surface area contributed by atoms with Crippen LogP contribution < -0.4 is 16.4 Å². The molecular formula is C12H11BrN4O2S. The number of primary amides is 1. The molecule has 6 nitrogen and oxygen atoms in total. The first-order valence-electron chi connectivity index (χ1n) is 5.56. The third-order valence-corrected chi connectivity index (χ3v) is 3.87. The van der Waals surface area contributed by atoms with Crippen LogP contribution in [-0.4, -0.2) is 23.8 Å². The van der Waals surface area contributed by atoms with E-state index in [4.69, 9.17) is 5.73 Å². The number of benzene rings is 1. The molecule has 2 rings (SSSR count). The number of aromatic nitrogens is 1. The van der Waals surface area contributed by atoms with E-state index in [-0.39, 0.29) is 11.6 Å². The average molecular weight is 355 g/mol. The third kappa shape index (κ3) is 3.14. The van der Waals surface area contributed by atoms with Gasteiger partial charge in [-0.25, -0.2) is 4.98 Å². The standard InChI is InChI=1S/C12H11BrN4O2S/c1-15-12-16-8(9(14)18)11(20-12)17-10(19)6-3-2-4-7(13)5-6/h2-5H,1H3,(H2,14,18)(H,15,16)(H,17,19). The minimum atomic E-state index is -0.688. The van der Waals surface area contributed by atoms with E-state index in [0.29, 0.717) is 15.7 Å². The highest BCUT2D eigenvalue weighted by molar-refractivity contribution is 9.10. The van der Waals surface area contributed by atoms with E-state index in [1.807, 2.05) is 6.07 Å². The molecule has 1 heterocycles. The minimum absolute atomic E-state index is 0.0442. The van der Waals surface area contributed by atoms with Crippen LogP contribution in [0, 0.1) is 0 Å². The average Bonchev–Trinajstić information content (AvgIpc) is 2.82. The number of halogens is 1. The smallest absolute Gasteiger partial charge is 0.270 e. The summed E-state index contributed by atoms with van der Waals surface area (Å²) in [6, 6.07) is 6.92. The molecule has 2 aromatic rings. The maximum Gasteiger partial charge on any atom is 0.270 e. The van der Waals surface area contributed by atoms with Crippen LogP contribution >= 0.6 is 27.3 Å². The highest BCUT2D eigenvalue weighted by Crippen LogP contribution is 2.28. The van der Waals surface area contributed by atoms with Crippen LogP contribution in [0.25, 0.3) is 0 Å². The Hall–Kier alpha value is -1.93. The van der Waals surface area contributed by atoms with Crippen molar-refractivity contribution >= 4 is 49.2 Å². The molecule has 0 saturated carbocycles. The molecule has 8 heteroatoms. The third-order valence-electron chi connectivity index (χ3n) is 2.39. The lowest BCUT2D eigenvalue weighted by Gasteiger charge is -2.03. The van der Waals surface area contributed by atoms with Crippen LogP contribution in [0.15, 0.2) is 28.7 Å². The van der Waals surface area contributed by atoms with Crippen molar-refractivity contribution in [3.63, 3.8) is 0 Å². The van der Waals surface area contributed by atoms with Crippen molar-refractivity contribution in [3.05, 3.63) is 40.0 Å². The second-order valence-corrected chi connectivity index (χ2v) is 5.69. The number of nitrogens with one attached hydrogen (secondary N) is 2. The van der Waals surface area contributed by atoms with E-state index < -0.39 is 5.91 Å². The SMILES string of the molecule is CNc1nc(C(N)=O)c(NC(=O)c2cccc(Br)c2)s1. The topological polar surface area (TPSA) is 97.1 Å². The van der Waals surface area contributed by atoms with Gasteiger partial charge in [-0.1, -0.05) is 33.3 Å². The van der Waals surface area contributed by atoms with E-state index in [9.17, 15) is 9.59 Å². The second-order valence-electron chi connectivity index (χ2n) is 3.78. The van der Waals surface area contributed by atoms with Crippen molar-refractivity contribution in [1.82, 2.24) is 4.98 Å². The van der Waals surface area contributed by atoms with E-state index in [2.05, 4.69) is 31.5 Å². The van der Waals surface area contributed by atoms with Gasteiger partial charge in [-0.2, -0.15) is 0 Å². The maximum absolute atomic E-state index is 12.1. The van der Waals surface area contributed by atoms with Gasteiger partial charge in [-0.15, -0.1) is 0 Å². The molecule has 0 aliphatic carbocycles. The van der Waals surface area contributed by atoms with Crippen molar-refractivity contribution in [2.45, 2.75) is 0 Å². The molecule has 0 spiro atoms. The summed E-state index contributed by atoms with van der Waals surface area (Å²) < 4.78 is 0.792. The van der Waals surface area contributed by atoms with Crippen molar-refractivity contribution in [2.24, 2.45) is 5.73 Å². The zero-order valence-corrected chi connectivity index (χ0v) is 12.8. The Morgan fingerprint density at radius 1 is 1.40 bits per heavy atom. The van der Waals surface area contributed by atoms with Crippen LogP contribution in [0.3, 0.4) is 0 Å². The number of carbonyl (C=O) groups is 2. The normalized spacial score (nSPS) is 10.1. The Balaban J connectivity index is 2.27. The van der Waals surface area contributed by atoms with Gasteiger partial charge in [0.05, 0.1) is 0 Å². The fourth-order valence-corrected chi connectivity index (χ4v) is 2.70. The number of hydrogen-bond acceptors (Lipinski definition) is 5. The van der Waals surface area contributed by atoms with Gasteiger partial charge in [0.25, 0.3) is 11.8 Å². The fourth-order valence-electron chi connectivity index (χ4n) is 1.48. The van der Waals surface area contributed by atoms with Crippen LogP contribution in [-0.2, 0) is 0 Å². The molecule has 104 valence electrons. The second kappa shape index (κ2) is 6.02. The fraction of sp³-hybridized carbons (Fsp3) is 0.0833. The van der Waals surface area contributed by atoms with Gasteiger partial charge in [0, 0.05) is 17.1 Å². The number of anilines is 2. The summed E-state index contributed by atoms with van der Waals surface area (Å²) in [5.74, 6) is -1.02. The molecule has 1 aromatic carbocycles. The van der Waals surface area contributed by atoms with E-state index in [1.54, 1.807) is 25.2 Å². The summed E-state index contributed by atoms with van der Waals surface area (Å²) in [7, 11) is 1.67. The molecule has 1 aromatic heterocycles. The van der Waals surface area contributed by atoms with Gasteiger partial charge in [0.2, 0.25) is 0 Å². The van der Waals surface area contributed by atoms with Gasteiger partial charge in [-0.05, 0) is 18.2 Å². The van der Waals surface area contributed by atoms with Crippen molar-refractivity contribution < 1.29 is 9.59 Å². The largest absolute Gasteiger partial charge is 0.365 e. The highest BCUT2D eigenvalue weighted by Gasteiger charge is 2.18. The molecular weight excluding hydrogens is 344 g/mol. The van der Waals surface area contributed by atoms with E-state index >= 15 is 0 Å². The Kier molecular flexibility index (Phi) is 4.35. The quantitative estimate of drug-likeness (QED) is 0.784. The summed E-state index contributed by atoms with van der Waals surface area (Å²) in [4.78, 5) is 27.4. The molecule has 0 aliphatic heterocycles. The first kappa shape index (κ1) is 14.5. The summed E-state index contributed by atoms with van der Waals surface area (Å²) in [6.45, 7) is 0. The highest BCUT2D eigenvalue weighted by atomic mass is 79.9. The Morgan fingerprint density at radius 2 is 2.15 bits per heavy atom. The first-order valence-corrected chi connectivity index (χ1v) is 7.17. The van der Waals surface area contributed by atoms with Gasteiger partial charge in [-0.3, -0.25) is 9.59 Å². The molecule has 0 aliphatic rings. The summed E-state index contributed by atoms with van der Waals surface area (Å²) in [6.07, 6.45) is 0. The number of nitrogens with zero attached hydrogens (tertiary/aromatic N) is 1. The van der Waals surface area contributed by atoms with Gasteiger partial charge < -0.3 is 16.4 Å². The monoisotopic (exact) mass is 354 g/mol. The molecule has 0 bridgehead atoms. The summed E-state index contributed by atoms with van der Waals surface area (Å²) in [5, 5.41) is 6.28. The number of rotatable bonds is 4. The summed E-state index contributed by atoms with van der Waals surface area (Å²) >= 11 is 4.44. The first-order chi connectivity index (χ1) is 9.51. The number of amides is 2. The van der Waals surface area contributed by atoms with Crippen LogP contribution in [0.2, 0.25) is 0 Å². The zero-order chi connectivity index (χ0) is 14.7. The van der Waals surface area contributed by atoms with Crippen molar-refractivity contribution in [3.8, 4) is 0 Å². The lowest BCUT2D eigenvalue weighted by Crippen LogP contribution is -2.17. The van der Waals surface area contributed by atoms with Gasteiger partial charge >= 0.3 is 0 Å². The lowest BCUT2D eigenvalue weighted by atomic mass is 10.2. The van der Waals surface area contributed by atoms with Crippen LogP contribution in [0.1, 0.15) is 20.8 Å². The number of nitrogens with two attached hydrogens (primary N) is 1. The Bertz CT molecular complexity index is 671. The number of hydrogen-bond donors (Lipinski definition) is 3. The summed E-state index contributed by atoms with van der Waals surface area (Å²) in [5.41, 5.74) is 5.75. The molecule has 20 heavy (non-hydrogen) atoms. The molecule has 4 N–H and O–H groups in total. The Morgan fingerprint density at radius 3 is 2.75 bits per heavy atom. The van der Waals surface area contributed by atoms with E-state index in [1.165, 1.54) is 0 Å². The molecule has 2 amide bonds. The molecule has 0 radical (unpaired) electrons. The molecule has 0 fully saturated rings. The molecule has 0 atom stereocenters. The predicted octanol–water partition coefficient (Wildman–Crippen LogP) is 2.30. The van der Waals surface area contributed by atoms with Crippen LogP contribution in [0.5, 0.6) is 0 Å². The van der Waals surface area contributed by atoms with Crippen LogP contribution in [0.4, 0.5) is 10.1 Å². The number of carbonyl (C=O) groups excluding carboxylic acids is 2. The van der Waals surface area contributed by atoms with Gasteiger partial charge in [0.15, 0.2) is 10.8 Å². The lowest BCUT2D eigenvalue weighted by molar-refractivity contribution is 0.0997. The maximum atomic E-state index is 12.1. The minimum Gasteiger partial charge on any atom is -0.365 e. The van der Waals surface area contributed by atoms with E-state index in [0.717, 1.165) is 15.8 Å². The van der Waals surface area contributed by atoms with Crippen molar-refractivity contribution in [2.75, 3.05) is 17.7 Å². The molecule has 0 unspecified atom stereocenters. The Labute approximate surface area is 127 Å². The van der Waals surface area contributed by atoms with Gasteiger partial charge in [0.1, 0.15) is 5.00 Å². The van der Waals surface area contributed by atoms with Crippen molar-refractivity contribution in [1.29, 1.82) is 0 Å². The zero-order valence-electron chi connectivity index (χ0n) is 10.4. The predicted molar refractivity (Wildman–Crippen MR) is 82.3 cm³/mol.